The Morgan fingerprint density at radius 3 is 2.49 bits per heavy atom. The van der Waals surface area contributed by atoms with E-state index in [1.807, 2.05) is 75.4 Å². The van der Waals surface area contributed by atoms with Gasteiger partial charge in [0.15, 0.2) is 0 Å². The standard InChI is InChI=1S/C41H51BrN6O7/c1-7-9-19-32(50)45(6)26(5)35(27-15-11-10-12-16-27)54-40(53)33-34-38(51)48(28(23-49)21-25(3)4)37(41(34)22-29(42)36(33)55-41)39(52)46(20-8-2)24-47-31-18-14-13-17-30(31)43-44-47/h7-8,10-18,25-26,28-29,33-37,49H,1-2,9,19-24H2,3-6H3/t26-,28+,29?,33+,34-,35+,36+,37+,41-/m0/s1. The minimum atomic E-state index is -1.41. The number of carbonyl (C=O) groups excluding carboxylic acids is 4. The normalized spacial score (nSPS) is 25.8. The number of likely N-dealkylation sites (N-methyl/N-ethyl adjacent to an activating group) is 1. The van der Waals surface area contributed by atoms with E-state index in [0.29, 0.717) is 23.9 Å². The fourth-order valence-electron chi connectivity index (χ4n) is 8.68. The number of nitrogens with zero attached hydrogens (tertiary/aromatic N) is 6. The maximum absolute atomic E-state index is 15.1. The summed E-state index contributed by atoms with van der Waals surface area (Å²) >= 11 is 3.76. The van der Waals surface area contributed by atoms with Crippen LogP contribution in [0.3, 0.4) is 0 Å². The quantitative estimate of drug-likeness (QED) is 0.117. The molecule has 3 aromatic rings. The molecule has 14 heteroatoms. The van der Waals surface area contributed by atoms with Gasteiger partial charge in [-0.05, 0) is 49.8 Å². The van der Waals surface area contributed by atoms with Crippen molar-refractivity contribution in [2.75, 3.05) is 20.2 Å². The molecule has 9 atom stereocenters. The molecule has 6 rings (SSSR count). The molecule has 3 fully saturated rings. The van der Waals surface area contributed by atoms with Gasteiger partial charge in [0, 0.05) is 24.8 Å². The van der Waals surface area contributed by atoms with Crippen molar-refractivity contribution in [1.29, 1.82) is 0 Å². The van der Waals surface area contributed by atoms with E-state index in [1.165, 1.54) is 4.90 Å². The van der Waals surface area contributed by atoms with Crippen LogP contribution < -0.4 is 0 Å². The Kier molecular flexibility index (Phi) is 12.3. The molecule has 2 aromatic carbocycles. The zero-order valence-corrected chi connectivity index (χ0v) is 33.5. The molecule has 3 aliphatic heterocycles. The van der Waals surface area contributed by atoms with Crippen molar-refractivity contribution in [3.8, 4) is 0 Å². The second-order valence-electron chi connectivity index (χ2n) is 15.3. The van der Waals surface area contributed by atoms with Gasteiger partial charge in [-0.25, -0.2) is 4.68 Å². The summed E-state index contributed by atoms with van der Waals surface area (Å²) in [7, 11) is 1.68. The number of esters is 1. The highest BCUT2D eigenvalue weighted by molar-refractivity contribution is 9.09. The number of likely N-dealkylation sites (tertiary alicyclic amines) is 1. The van der Waals surface area contributed by atoms with Gasteiger partial charge in [-0.1, -0.05) is 89.6 Å². The van der Waals surface area contributed by atoms with Crippen molar-refractivity contribution < 1.29 is 33.8 Å². The van der Waals surface area contributed by atoms with Crippen LogP contribution >= 0.6 is 15.9 Å². The Labute approximate surface area is 330 Å². The van der Waals surface area contributed by atoms with Gasteiger partial charge >= 0.3 is 5.97 Å². The van der Waals surface area contributed by atoms with Crippen LogP contribution in [-0.4, -0.2) is 113 Å². The van der Waals surface area contributed by atoms with E-state index in [4.69, 9.17) is 9.47 Å². The molecule has 2 bridgehead atoms. The van der Waals surface area contributed by atoms with Gasteiger partial charge in [0.2, 0.25) is 17.7 Å². The molecule has 55 heavy (non-hydrogen) atoms. The van der Waals surface area contributed by atoms with Gasteiger partial charge in [0.25, 0.3) is 0 Å². The van der Waals surface area contributed by atoms with E-state index < -0.39 is 65.6 Å². The number of benzene rings is 2. The van der Waals surface area contributed by atoms with Gasteiger partial charge in [-0.2, -0.15) is 0 Å². The van der Waals surface area contributed by atoms with Gasteiger partial charge < -0.3 is 29.3 Å². The third kappa shape index (κ3) is 7.48. The molecule has 0 saturated carbocycles. The Morgan fingerprint density at radius 1 is 1.11 bits per heavy atom. The number of aliphatic hydroxyl groups excluding tert-OH is 1. The molecule has 0 radical (unpaired) electrons. The van der Waals surface area contributed by atoms with Crippen LogP contribution in [0.4, 0.5) is 0 Å². The Bertz CT molecular complexity index is 1910. The summed E-state index contributed by atoms with van der Waals surface area (Å²) in [6.07, 6.45) is 3.10. The van der Waals surface area contributed by atoms with E-state index in [9.17, 15) is 19.5 Å². The lowest BCUT2D eigenvalue weighted by Gasteiger charge is -2.39. The summed E-state index contributed by atoms with van der Waals surface area (Å²) in [5, 5.41) is 19.4. The molecule has 3 saturated heterocycles. The van der Waals surface area contributed by atoms with E-state index >= 15 is 4.79 Å². The van der Waals surface area contributed by atoms with Crippen LogP contribution in [0.1, 0.15) is 58.1 Å². The summed E-state index contributed by atoms with van der Waals surface area (Å²) in [5.74, 6) is -3.70. The van der Waals surface area contributed by atoms with Gasteiger partial charge in [0.05, 0.1) is 42.1 Å². The predicted octanol–water partition coefficient (Wildman–Crippen LogP) is 4.66. The molecule has 1 N–H and O–H groups in total. The largest absolute Gasteiger partial charge is 0.455 e. The molecule has 1 aromatic heterocycles. The number of halogens is 1. The molecule has 4 heterocycles. The minimum Gasteiger partial charge on any atom is -0.455 e. The lowest BCUT2D eigenvalue weighted by molar-refractivity contribution is -0.165. The highest BCUT2D eigenvalue weighted by atomic mass is 79.9. The Hall–Kier alpha value is -4.40. The number of carbonyl (C=O) groups is 4. The second kappa shape index (κ2) is 16.8. The summed E-state index contributed by atoms with van der Waals surface area (Å²) in [6.45, 7) is 13.2. The Balaban J connectivity index is 1.38. The molecule has 294 valence electrons. The summed E-state index contributed by atoms with van der Waals surface area (Å²) in [5.41, 5.74) is 0.672. The number of hydrogen-bond donors (Lipinski definition) is 1. The molecule has 3 aliphatic rings. The lowest BCUT2D eigenvalue weighted by atomic mass is 9.70. The average molecular weight is 820 g/mol. The van der Waals surface area contributed by atoms with Crippen LogP contribution in [0.5, 0.6) is 0 Å². The highest BCUT2D eigenvalue weighted by Gasteiger charge is 2.77. The van der Waals surface area contributed by atoms with Crippen molar-refractivity contribution in [3.05, 3.63) is 85.5 Å². The summed E-state index contributed by atoms with van der Waals surface area (Å²) in [6, 6.07) is 14.2. The number of alkyl halides is 1. The number of fused-ring (bicyclic) bond motifs is 2. The third-order valence-corrected chi connectivity index (χ3v) is 12.2. The fraction of sp³-hybridized carbons (Fsp3) is 0.512. The van der Waals surface area contributed by atoms with Crippen LogP contribution in [0.25, 0.3) is 11.0 Å². The van der Waals surface area contributed by atoms with Crippen molar-refractivity contribution in [2.24, 2.45) is 17.8 Å². The van der Waals surface area contributed by atoms with Crippen molar-refractivity contribution >= 4 is 50.7 Å². The summed E-state index contributed by atoms with van der Waals surface area (Å²) < 4.78 is 14.8. The van der Waals surface area contributed by atoms with Crippen molar-refractivity contribution in [3.63, 3.8) is 0 Å². The maximum Gasteiger partial charge on any atom is 0.313 e. The van der Waals surface area contributed by atoms with Gasteiger partial charge in [-0.15, -0.1) is 18.3 Å². The van der Waals surface area contributed by atoms with Gasteiger partial charge in [0.1, 0.15) is 29.9 Å². The first-order chi connectivity index (χ1) is 26.4. The zero-order chi connectivity index (χ0) is 39.6. The molecule has 1 spiro atoms. The molecule has 0 aliphatic carbocycles. The van der Waals surface area contributed by atoms with E-state index in [0.717, 1.165) is 5.52 Å². The number of rotatable bonds is 17. The number of amides is 3. The second-order valence-corrected chi connectivity index (χ2v) is 16.5. The molecular weight excluding hydrogens is 768 g/mol. The number of ether oxygens (including phenoxy) is 2. The smallest absolute Gasteiger partial charge is 0.313 e. The first kappa shape index (κ1) is 40.3. The number of hydrogen-bond acceptors (Lipinski definition) is 9. The van der Waals surface area contributed by atoms with E-state index in [2.05, 4.69) is 39.4 Å². The number of para-hydroxylation sites is 1. The SMILES string of the molecule is C=CCCC(=O)N(C)[C@@H](C)[C@@H](OC(=O)[C@H]1[C@@H]2O[C@@]3(CC2Br)[C@@H]1C(=O)N([C@@H](CO)CC(C)C)[C@@H]3C(=O)N(CC=C)Cn1nnc2ccccc21)c1ccccc1. The van der Waals surface area contributed by atoms with Crippen LogP contribution in [0.15, 0.2) is 79.9 Å². The molecule has 3 amide bonds. The molecule has 1 unspecified atom stereocenters. The van der Waals surface area contributed by atoms with Crippen molar-refractivity contribution in [1.82, 2.24) is 29.7 Å². The predicted molar refractivity (Wildman–Crippen MR) is 209 cm³/mol. The van der Waals surface area contributed by atoms with E-state index in [1.54, 1.807) is 33.7 Å². The average Bonchev–Trinajstić information content (AvgIpc) is 3.91. The molecule has 13 nitrogen and oxygen atoms in total. The number of aromatic nitrogens is 3. The third-order valence-electron chi connectivity index (χ3n) is 11.3. The van der Waals surface area contributed by atoms with Crippen molar-refractivity contribution in [2.45, 2.75) is 93.9 Å². The topological polar surface area (TPSA) is 147 Å². The zero-order valence-electron chi connectivity index (χ0n) is 31.9. The monoisotopic (exact) mass is 818 g/mol. The van der Waals surface area contributed by atoms with Crippen LogP contribution in [0, 0.1) is 17.8 Å². The first-order valence-electron chi connectivity index (χ1n) is 18.9. The maximum atomic E-state index is 15.1. The fourth-order valence-corrected chi connectivity index (χ4v) is 9.63. The first-order valence-corrected chi connectivity index (χ1v) is 19.8. The minimum absolute atomic E-state index is 0.0148. The van der Waals surface area contributed by atoms with Crippen LogP contribution in [0.2, 0.25) is 0 Å². The van der Waals surface area contributed by atoms with E-state index in [-0.39, 0.29) is 49.3 Å². The van der Waals surface area contributed by atoms with Gasteiger partial charge in [-0.3, -0.25) is 19.2 Å². The highest BCUT2D eigenvalue weighted by Crippen LogP contribution is 2.61. The Morgan fingerprint density at radius 2 is 1.82 bits per heavy atom. The van der Waals surface area contributed by atoms with Crippen LogP contribution in [-0.2, 0) is 35.3 Å². The number of aliphatic hydroxyl groups is 1. The summed E-state index contributed by atoms with van der Waals surface area (Å²) in [4.78, 5) is 62.1. The lowest BCUT2D eigenvalue weighted by Crippen LogP contribution is -2.59. The molecular formula is C41H51BrN6O7. The number of allylic oxidation sites excluding steroid dienone is 1.